The fraction of sp³-hybridized carbons (Fsp3) is 0.857. The normalized spacial score (nSPS) is 14.2. The van der Waals surface area contributed by atoms with E-state index in [0.29, 0.717) is 31.7 Å². The van der Waals surface area contributed by atoms with Crippen molar-refractivity contribution < 1.29 is 19.4 Å². The molecular formula is C14H27NO4. The molecular weight excluding hydrogens is 246 g/mol. The standard InChI is InChI=1S/C14H27NO4/c1-5-6-12(14(17)18)15-8-7-11(4)19-13(16)9-10(2)3/h10-12,15H,5-9H2,1-4H3,(H,17,18). The van der Waals surface area contributed by atoms with Crippen LogP contribution in [0.1, 0.15) is 53.4 Å². The van der Waals surface area contributed by atoms with Crippen LogP contribution in [-0.2, 0) is 14.3 Å². The first-order valence-electron chi connectivity index (χ1n) is 7.02. The molecule has 0 aliphatic carbocycles. The van der Waals surface area contributed by atoms with Crippen molar-refractivity contribution in [2.24, 2.45) is 5.92 Å². The highest BCUT2D eigenvalue weighted by molar-refractivity contribution is 5.73. The molecule has 0 saturated carbocycles. The summed E-state index contributed by atoms with van der Waals surface area (Å²) in [6.07, 6.45) is 2.29. The molecule has 0 spiro atoms. The summed E-state index contributed by atoms with van der Waals surface area (Å²) < 4.78 is 5.24. The Morgan fingerprint density at radius 1 is 1.21 bits per heavy atom. The van der Waals surface area contributed by atoms with Crippen molar-refractivity contribution >= 4 is 11.9 Å². The highest BCUT2D eigenvalue weighted by atomic mass is 16.5. The third-order valence-corrected chi connectivity index (χ3v) is 2.72. The number of esters is 1. The molecule has 0 rings (SSSR count). The Bertz CT molecular complexity index is 279. The first kappa shape index (κ1) is 17.9. The number of carbonyl (C=O) groups excluding carboxylic acids is 1. The van der Waals surface area contributed by atoms with E-state index in [2.05, 4.69) is 5.32 Å². The van der Waals surface area contributed by atoms with E-state index < -0.39 is 12.0 Å². The first-order valence-corrected chi connectivity index (χ1v) is 7.02. The maximum absolute atomic E-state index is 11.4. The number of carboxylic acids is 1. The van der Waals surface area contributed by atoms with Crippen LogP contribution in [0.25, 0.3) is 0 Å². The third-order valence-electron chi connectivity index (χ3n) is 2.72. The van der Waals surface area contributed by atoms with Crippen molar-refractivity contribution in [3.63, 3.8) is 0 Å². The summed E-state index contributed by atoms with van der Waals surface area (Å²) in [6, 6.07) is -0.511. The Morgan fingerprint density at radius 2 is 1.84 bits per heavy atom. The molecule has 0 aliphatic rings. The minimum atomic E-state index is -0.827. The lowest BCUT2D eigenvalue weighted by atomic mass is 10.1. The van der Waals surface area contributed by atoms with Gasteiger partial charge in [-0.05, 0) is 32.2 Å². The monoisotopic (exact) mass is 273 g/mol. The van der Waals surface area contributed by atoms with Gasteiger partial charge >= 0.3 is 11.9 Å². The van der Waals surface area contributed by atoms with Crippen LogP contribution in [0.15, 0.2) is 0 Å². The highest BCUT2D eigenvalue weighted by Gasteiger charge is 2.16. The Kier molecular flexibility index (Phi) is 9.21. The second-order valence-corrected chi connectivity index (χ2v) is 5.32. The van der Waals surface area contributed by atoms with Crippen molar-refractivity contribution in [2.45, 2.75) is 65.5 Å². The highest BCUT2D eigenvalue weighted by Crippen LogP contribution is 2.05. The molecule has 0 bridgehead atoms. The van der Waals surface area contributed by atoms with Gasteiger partial charge in [-0.3, -0.25) is 9.59 Å². The Labute approximate surface area is 115 Å². The van der Waals surface area contributed by atoms with Gasteiger partial charge < -0.3 is 15.2 Å². The average molecular weight is 273 g/mol. The van der Waals surface area contributed by atoms with Gasteiger partial charge in [0.2, 0.25) is 0 Å². The van der Waals surface area contributed by atoms with Crippen LogP contribution in [0.4, 0.5) is 0 Å². The number of aliphatic carboxylic acids is 1. The van der Waals surface area contributed by atoms with E-state index in [1.54, 1.807) is 0 Å². The summed E-state index contributed by atoms with van der Waals surface area (Å²) >= 11 is 0. The Balaban J connectivity index is 3.86. The van der Waals surface area contributed by atoms with Crippen LogP contribution in [0.2, 0.25) is 0 Å². The van der Waals surface area contributed by atoms with Gasteiger partial charge in [0.1, 0.15) is 12.1 Å². The molecule has 5 nitrogen and oxygen atoms in total. The molecule has 0 aromatic rings. The Morgan fingerprint density at radius 3 is 2.32 bits per heavy atom. The minimum Gasteiger partial charge on any atom is -0.480 e. The van der Waals surface area contributed by atoms with Crippen LogP contribution in [0, 0.1) is 5.92 Å². The van der Waals surface area contributed by atoms with Crippen LogP contribution in [0.5, 0.6) is 0 Å². The summed E-state index contributed by atoms with van der Waals surface area (Å²) in [4.78, 5) is 22.4. The lowest BCUT2D eigenvalue weighted by Gasteiger charge is -2.17. The molecule has 0 radical (unpaired) electrons. The summed E-state index contributed by atoms with van der Waals surface area (Å²) in [7, 11) is 0. The molecule has 5 heteroatoms. The number of hydrogen-bond donors (Lipinski definition) is 2. The zero-order valence-corrected chi connectivity index (χ0v) is 12.4. The number of nitrogens with one attached hydrogen (secondary N) is 1. The second kappa shape index (κ2) is 9.78. The van der Waals surface area contributed by atoms with Crippen molar-refractivity contribution in [3.8, 4) is 0 Å². The molecule has 112 valence electrons. The van der Waals surface area contributed by atoms with Gasteiger partial charge in [0.25, 0.3) is 0 Å². The zero-order chi connectivity index (χ0) is 14.8. The predicted molar refractivity (Wildman–Crippen MR) is 74.0 cm³/mol. The van der Waals surface area contributed by atoms with Gasteiger partial charge in [0.15, 0.2) is 0 Å². The zero-order valence-electron chi connectivity index (χ0n) is 12.4. The molecule has 2 atom stereocenters. The van der Waals surface area contributed by atoms with Crippen molar-refractivity contribution in [1.82, 2.24) is 5.32 Å². The maximum atomic E-state index is 11.4. The molecule has 0 heterocycles. The van der Waals surface area contributed by atoms with E-state index >= 15 is 0 Å². The summed E-state index contributed by atoms with van der Waals surface area (Å²) in [5, 5.41) is 11.9. The molecule has 0 amide bonds. The number of ether oxygens (including phenoxy) is 1. The summed E-state index contributed by atoms with van der Waals surface area (Å²) in [5.74, 6) is -0.726. The van der Waals surface area contributed by atoms with E-state index in [1.165, 1.54) is 0 Å². The van der Waals surface area contributed by atoms with E-state index in [-0.39, 0.29) is 12.1 Å². The second-order valence-electron chi connectivity index (χ2n) is 5.32. The number of carbonyl (C=O) groups is 2. The maximum Gasteiger partial charge on any atom is 0.320 e. The van der Waals surface area contributed by atoms with Gasteiger partial charge in [-0.25, -0.2) is 0 Å². The SMILES string of the molecule is CCCC(NCCC(C)OC(=O)CC(C)C)C(=O)O. The smallest absolute Gasteiger partial charge is 0.320 e. The van der Waals surface area contributed by atoms with Gasteiger partial charge in [-0.1, -0.05) is 27.2 Å². The largest absolute Gasteiger partial charge is 0.480 e. The van der Waals surface area contributed by atoms with E-state index in [0.717, 1.165) is 6.42 Å². The molecule has 2 unspecified atom stereocenters. The van der Waals surface area contributed by atoms with Gasteiger partial charge in [-0.15, -0.1) is 0 Å². The quantitative estimate of drug-likeness (QED) is 0.597. The van der Waals surface area contributed by atoms with Crippen molar-refractivity contribution in [2.75, 3.05) is 6.54 Å². The van der Waals surface area contributed by atoms with E-state index in [1.807, 2.05) is 27.7 Å². The fourth-order valence-corrected chi connectivity index (χ4v) is 1.73. The van der Waals surface area contributed by atoms with Crippen molar-refractivity contribution in [1.29, 1.82) is 0 Å². The molecule has 0 fully saturated rings. The molecule has 19 heavy (non-hydrogen) atoms. The average Bonchev–Trinajstić information content (AvgIpc) is 2.26. The lowest BCUT2D eigenvalue weighted by molar-refractivity contribution is -0.149. The van der Waals surface area contributed by atoms with Crippen LogP contribution in [-0.4, -0.2) is 35.7 Å². The van der Waals surface area contributed by atoms with Crippen LogP contribution < -0.4 is 5.32 Å². The van der Waals surface area contributed by atoms with Crippen LogP contribution >= 0.6 is 0 Å². The first-order chi connectivity index (χ1) is 8.86. The van der Waals surface area contributed by atoms with Gasteiger partial charge in [0, 0.05) is 6.42 Å². The number of carboxylic acid groups (broad SMARTS) is 1. The van der Waals surface area contributed by atoms with Gasteiger partial charge in [-0.2, -0.15) is 0 Å². The molecule has 0 aromatic carbocycles. The predicted octanol–water partition coefficient (Wildman–Crippen LogP) is 2.20. The summed E-state index contributed by atoms with van der Waals surface area (Å²) in [5.41, 5.74) is 0. The van der Waals surface area contributed by atoms with E-state index in [9.17, 15) is 9.59 Å². The molecule has 0 aromatic heterocycles. The number of rotatable bonds is 10. The Hall–Kier alpha value is -1.10. The summed E-state index contributed by atoms with van der Waals surface area (Å²) in [6.45, 7) is 8.25. The van der Waals surface area contributed by atoms with E-state index in [4.69, 9.17) is 9.84 Å². The van der Waals surface area contributed by atoms with Crippen LogP contribution in [0.3, 0.4) is 0 Å². The minimum absolute atomic E-state index is 0.185. The molecule has 2 N–H and O–H groups in total. The third kappa shape index (κ3) is 9.47. The molecule has 0 saturated heterocycles. The van der Waals surface area contributed by atoms with Gasteiger partial charge in [0.05, 0.1) is 0 Å². The topological polar surface area (TPSA) is 75.6 Å². The fourth-order valence-electron chi connectivity index (χ4n) is 1.73. The lowest BCUT2D eigenvalue weighted by Crippen LogP contribution is -2.38. The molecule has 0 aliphatic heterocycles. The number of hydrogen-bond acceptors (Lipinski definition) is 4. The van der Waals surface area contributed by atoms with Crippen molar-refractivity contribution in [3.05, 3.63) is 0 Å².